The van der Waals surface area contributed by atoms with E-state index in [0.717, 1.165) is 6.07 Å². The van der Waals surface area contributed by atoms with Gasteiger partial charge in [-0.15, -0.1) is 0 Å². The number of alkyl halides is 3. The molecule has 0 unspecified atom stereocenters. The molecule has 0 aliphatic heterocycles. The number of pyridine rings is 1. The van der Waals surface area contributed by atoms with Crippen LogP contribution in [0.15, 0.2) is 54.9 Å². The van der Waals surface area contributed by atoms with Crippen LogP contribution in [0.2, 0.25) is 0 Å². The van der Waals surface area contributed by atoms with Gasteiger partial charge in [0.25, 0.3) is 0 Å². The summed E-state index contributed by atoms with van der Waals surface area (Å²) < 4.78 is 44.5. The molecule has 0 aliphatic carbocycles. The van der Waals surface area contributed by atoms with Crippen molar-refractivity contribution in [2.75, 3.05) is 17.2 Å². The van der Waals surface area contributed by atoms with E-state index >= 15 is 0 Å². The molecule has 0 saturated heterocycles. The molecule has 1 aromatic carbocycles. The van der Waals surface area contributed by atoms with Crippen molar-refractivity contribution >= 4 is 23.3 Å². The molecule has 10 heteroatoms. The van der Waals surface area contributed by atoms with Crippen LogP contribution < -0.4 is 10.6 Å². The molecule has 0 saturated carbocycles. The molecular weight excluding hydrogens is 387 g/mol. The SMILES string of the molecule is CCOC(=O)Nc1ccc(Nc2cc(C(F)(F)F)nc(-c3ccncc3)n2)cc1. The van der Waals surface area contributed by atoms with E-state index in [9.17, 15) is 18.0 Å². The highest BCUT2D eigenvalue weighted by Crippen LogP contribution is 2.31. The van der Waals surface area contributed by atoms with E-state index in [0.29, 0.717) is 16.9 Å². The smallest absolute Gasteiger partial charge is 0.433 e. The third-order valence-electron chi connectivity index (χ3n) is 3.63. The highest BCUT2D eigenvalue weighted by Gasteiger charge is 2.33. The van der Waals surface area contributed by atoms with Crippen LogP contribution in [0.1, 0.15) is 12.6 Å². The van der Waals surface area contributed by atoms with Crippen LogP contribution in [0.5, 0.6) is 0 Å². The van der Waals surface area contributed by atoms with E-state index < -0.39 is 18.0 Å². The van der Waals surface area contributed by atoms with Gasteiger partial charge in [-0.3, -0.25) is 10.3 Å². The number of rotatable bonds is 5. The van der Waals surface area contributed by atoms with Gasteiger partial charge >= 0.3 is 12.3 Å². The molecule has 0 fully saturated rings. The lowest BCUT2D eigenvalue weighted by molar-refractivity contribution is -0.141. The first kappa shape index (κ1) is 20.1. The molecular formula is C19H16F3N5O2. The number of nitrogens with zero attached hydrogens (tertiary/aromatic N) is 3. The number of aromatic nitrogens is 3. The molecule has 7 nitrogen and oxygen atoms in total. The van der Waals surface area contributed by atoms with Crippen LogP contribution in [0.25, 0.3) is 11.4 Å². The number of hydrogen-bond donors (Lipinski definition) is 2. The fourth-order valence-electron chi connectivity index (χ4n) is 2.36. The second kappa shape index (κ2) is 8.55. The number of amides is 1. The van der Waals surface area contributed by atoms with Crippen molar-refractivity contribution in [2.24, 2.45) is 0 Å². The quantitative estimate of drug-likeness (QED) is 0.632. The van der Waals surface area contributed by atoms with Gasteiger partial charge in [-0.05, 0) is 43.3 Å². The van der Waals surface area contributed by atoms with Gasteiger partial charge in [0.1, 0.15) is 5.82 Å². The fourth-order valence-corrected chi connectivity index (χ4v) is 2.36. The van der Waals surface area contributed by atoms with Crippen molar-refractivity contribution < 1.29 is 22.7 Å². The lowest BCUT2D eigenvalue weighted by Crippen LogP contribution is -2.13. The number of anilines is 3. The summed E-state index contributed by atoms with van der Waals surface area (Å²) in [5.74, 6) is -0.101. The lowest BCUT2D eigenvalue weighted by atomic mass is 10.2. The number of nitrogens with one attached hydrogen (secondary N) is 2. The van der Waals surface area contributed by atoms with Crippen LogP contribution in [-0.2, 0) is 10.9 Å². The van der Waals surface area contributed by atoms with Gasteiger partial charge in [-0.2, -0.15) is 13.2 Å². The minimum absolute atomic E-state index is 0.0229. The first-order chi connectivity index (χ1) is 13.8. The summed E-state index contributed by atoms with van der Waals surface area (Å²) in [6, 6.07) is 10.2. The topological polar surface area (TPSA) is 89.0 Å². The Hall–Kier alpha value is -3.69. The average molecular weight is 403 g/mol. The van der Waals surface area contributed by atoms with Crippen molar-refractivity contribution in [1.29, 1.82) is 0 Å². The van der Waals surface area contributed by atoms with Crippen molar-refractivity contribution in [3.05, 3.63) is 60.6 Å². The number of halogens is 3. The van der Waals surface area contributed by atoms with Crippen LogP contribution in [0.3, 0.4) is 0 Å². The molecule has 0 aliphatic rings. The van der Waals surface area contributed by atoms with E-state index in [1.165, 1.54) is 24.5 Å². The van der Waals surface area contributed by atoms with Crippen molar-refractivity contribution in [3.8, 4) is 11.4 Å². The number of carbonyl (C=O) groups excluding carboxylic acids is 1. The zero-order valence-electron chi connectivity index (χ0n) is 15.2. The van der Waals surface area contributed by atoms with Gasteiger partial charge in [0.15, 0.2) is 11.5 Å². The second-order valence-electron chi connectivity index (χ2n) is 5.74. The Morgan fingerprint density at radius 3 is 2.31 bits per heavy atom. The van der Waals surface area contributed by atoms with Crippen LogP contribution in [-0.4, -0.2) is 27.7 Å². The lowest BCUT2D eigenvalue weighted by Gasteiger charge is -2.12. The van der Waals surface area contributed by atoms with Crippen LogP contribution in [0.4, 0.5) is 35.2 Å². The van der Waals surface area contributed by atoms with Crippen LogP contribution >= 0.6 is 0 Å². The third kappa shape index (κ3) is 5.41. The Kier molecular flexibility index (Phi) is 5.91. The Balaban J connectivity index is 1.85. The number of benzene rings is 1. The molecule has 2 N–H and O–H groups in total. The molecule has 0 spiro atoms. The molecule has 150 valence electrons. The highest BCUT2D eigenvalue weighted by atomic mass is 19.4. The maximum Gasteiger partial charge on any atom is 0.433 e. The molecule has 2 aromatic heterocycles. The molecule has 29 heavy (non-hydrogen) atoms. The Morgan fingerprint density at radius 1 is 1.03 bits per heavy atom. The molecule has 0 radical (unpaired) electrons. The van der Waals surface area contributed by atoms with Gasteiger partial charge in [0.05, 0.1) is 6.61 Å². The van der Waals surface area contributed by atoms with Crippen molar-refractivity contribution in [1.82, 2.24) is 15.0 Å². The van der Waals surface area contributed by atoms with E-state index in [2.05, 4.69) is 25.6 Å². The summed E-state index contributed by atoms with van der Waals surface area (Å²) in [4.78, 5) is 23.0. The Bertz CT molecular complexity index is 979. The third-order valence-corrected chi connectivity index (χ3v) is 3.63. The minimum Gasteiger partial charge on any atom is -0.450 e. The summed E-state index contributed by atoms with van der Waals surface area (Å²) in [6.07, 6.45) is -2.34. The Labute approximate surface area is 164 Å². The Morgan fingerprint density at radius 2 is 1.69 bits per heavy atom. The van der Waals surface area contributed by atoms with Crippen molar-refractivity contribution in [3.63, 3.8) is 0 Å². The number of carbonyl (C=O) groups is 1. The summed E-state index contributed by atoms with van der Waals surface area (Å²) >= 11 is 0. The molecule has 0 atom stereocenters. The fraction of sp³-hybridized carbons (Fsp3) is 0.158. The van der Waals surface area contributed by atoms with E-state index in [4.69, 9.17) is 4.74 Å². The summed E-state index contributed by atoms with van der Waals surface area (Å²) in [7, 11) is 0. The monoisotopic (exact) mass is 403 g/mol. The zero-order chi connectivity index (χ0) is 20.9. The van der Waals surface area contributed by atoms with Gasteiger partial charge < -0.3 is 10.1 Å². The predicted octanol–water partition coefficient (Wildman–Crippen LogP) is 4.87. The summed E-state index contributed by atoms with van der Waals surface area (Å²) in [6.45, 7) is 1.92. The van der Waals surface area contributed by atoms with Gasteiger partial charge in [0.2, 0.25) is 0 Å². The molecule has 3 aromatic rings. The first-order valence-electron chi connectivity index (χ1n) is 8.52. The minimum atomic E-state index is -4.63. The standard InChI is InChI=1S/C19H16F3N5O2/c1-2-29-18(28)25-14-5-3-13(4-6-14)24-16-11-15(19(20,21)22)26-17(27-16)12-7-9-23-10-8-12/h3-11H,2H2,1H3,(H,25,28)(H,24,26,27). The molecule has 3 rings (SSSR count). The first-order valence-corrected chi connectivity index (χ1v) is 8.52. The second-order valence-corrected chi connectivity index (χ2v) is 5.74. The molecule has 0 bridgehead atoms. The highest BCUT2D eigenvalue weighted by molar-refractivity contribution is 5.84. The molecule has 1 amide bonds. The largest absolute Gasteiger partial charge is 0.450 e. The van der Waals surface area contributed by atoms with E-state index in [1.807, 2.05) is 0 Å². The van der Waals surface area contributed by atoms with Crippen molar-refractivity contribution in [2.45, 2.75) is 13.1 Å². The predicted molar refractivity (Wildman–Crippen MR) is 101 cm³/mol. The van der Waals surface area contributed by atoms with E-state index in [1.54, 1.807) is 31.2 Å². The number of ether oxygens (including phenoxy) is 1. The van der Waals surface area contributed by atoms with Gasteiger partial charge in [-0.25, -0.2) is 14.8 Å². The van der Waals surface area contributed by atoms with Gasteiger partial charge in [0, 0.05) is 35.4 Å². The van der Waals surface area contributed by atoms with E-state index in [-0.39, 0.29) is 18.2 Å². The normalized spacial score (nSPS) is 11.0. The summed E-state index contributed by atoms with van der Waals surface area (Å²) in [5.41, 5.74) is 0.294. The maximum absolute atomic E-state index is 13.3. The van der Waals surface area contributed by atoms with Gasteiger partial charge in [-0.1, -0.05) is 0 Å². The van der Waals surface area contributed by atoms with Crippen LogP contribution in [0, 0.1) is 0 Å². The number of hydrogen-bond acceptors (Lipinski definition) is 6. The zero-order valence-corrected chi connectivity index (χ0v) is 15.2. The molecule has 2 heterocycles. The average Bonchev–Trinajstić information content (AvgIpc) is 2.69. The summed E-state index contributed by atoms with van der Waals surface area (Å²) in [5, 5.41) is 5.35. The maximum atomic E-state index is 13.3.